The van der Waals surface area contributed by atoms with Crippen molar-refractivity contribution < 1.29 is 13.2 Å². The SMILES string of the molecule is COCC(NCCS(C)(=O)=O)c1ccccc1. The van der Waals surface area contributed by atoms with Crippen LogP contribution in [-0.4, -0.2) is 40.7 Å². The summed E-state index contributed by atoms with van der Waals surface area (Å²) in [5, 5.41) is 3.19. The van der Waals surface area contributed by atoms with Gasteiger partial charge in [-0.15, -0.1) is 0 Å². The van der Waals surface area contributed by atoms with Gasteiger partial charge in [0.1, 0.15) is 9.84 Å². The number of rotatable bonds is 7. The summed E-state index contributed by atoms with van der Waals surface area (Å²) in [5.41, 5.74) is 1.10. The summed E-state index contributed by atoms with van der Waals surface area (Å²) >= 11 is 0. The third-order valence-corrected chi connectivity index (χ3v) is 3.34. The molecule has 0 saturated carbocycles. The van der Waals surface area contributed by atoms with E-state index in [-0.39, 0.29) is 11.8 Å². The molecular formula is C12H19NO3S. The van der Waals surface area contributed by atoms with E-state index in [9.17, 15) is 8.42 Å². The van der Waals surface area contributed by atoms with Crippen LogP contribution >= 0.6 is 0 Å². The van der Waals surface area contributed by atoms with Gasteiger partial charge in [-0.3, -0.25) is 0 Å². The molecule has 0 aliphatic rings. The molecule has 1 N–H and O–H groups in total. The molecule has 0 heterocycles. The highest BCUT2D eigenvalue weighted by Crippen LogP contribution is 2.12. The quantitative estimate of drug-likeness (QED) is 0.792. The molecule has 0 bridgehead atoms. The van der Waals surface area contributed by atoms with Gasteiger partial charge >= 0.3 is 0 Å². The molecule has 1 aromatic rings. The van der Waals surface area contributed by atoms with E-state index in [1.165, 1.54) is 6.26 Å². The zero-order chi connectivity index (χ0) is 12.7. The minimum atomic E-state index is -2.92. The minimum absolute atomic E-state index is 0.0305. The number of hydrogen-bond donors (Lipinski definition) is 1. The number of nitrogens with one attached hydrogen (secondary N) is 1. The first kappa shape index (κ1) is 14.2. The zero-order valence-corrected chi connectivity index (χ0v) is 11.0. The van der Waals surface area contributed by atoms with Crippen molar-refractivity contribution in [3.63, 3.8) is 0 Å². The van der Waals surface area contributed by atoms with Gasteiger partial charge in [-0.2, -0.15) is 0 Å². The predicted octanol–water partition coefficient (Wildman–Crippen LogP) is 1.01. The van der Waals surface area contributed by atoms with Gasteiger partial charge in [0.2, 0.25) is 0 Å². The Kier molecular flexibility index (Phi) is 5.61. The molecule has 1 unspecified atom stereocenters. The lowest BCUT2D eigenvalue weighted by Crippen LogP contribution is -2.29. The molecule has 0 aliphatic heterocycles. The molecule has 1 rings (SSSR count). The molecule has 0 aromatic heterocycles. The first-order valence-electron chi connectivity index (χ1n) is 5.48. The number of sulfone groups is 1. The van der Waals surface area contributed by atoms with Crippen LogP contribution in [0.5, 0.6) is 0 Å². The maximum absolute atomic E-state index is 11.0. The summed E-state index contributed by atoms with van der Waals surface area (Å²) in [6, 6.07) is 9.88. The molecule has 96 valence electrons. The Morgan fingerprint density at radius 2 is 1.94 bits per heavy atom. The van der Waals surface area contributed by atoms with Crippen molar-refractivity contribution in [3.8, 4) is 0 Å². The van der Waals surface area contributed by atoms with Crippen molar-refractivity contribution >= 4 is 9.84 Å². The van der Waals surface area contributed by atoms with Crippen LogP contribution in [0.2, 0.25) is 0 Å². The zero-order valence-electron chi connectivity index (χ0n) is 10.2. The Morgan fingerprint density at radius 3 is 2.47 bits per heavy atom. The lowest BCUT2D eigenvalue weighted by atomic mass is 10.1. The molecule has 0 amide bonds. The number of methoxy groups -OCH3 is 1. The maximum atomic E-state index is 11.0. The monoisotopic (exact) mass is 257 g/mol. The summed E-state index contributed by atoms with van der Waals surface area (Å²) in [6.45, 7) is 0.954. The second-order valence-corrected chi connectivity index (χ2v) is 6.26. The van der Waals surface area contributed by atoms with Crippen molar-refractivity contribution in [2.24, 2.45) is 0 Å². The van der Waals surface area contributed by atoms with Crippen molar-refractivity contribution in [1.82, 2.24) is 5.32 Å². The summed E-state index contributed by atoms with van der Waals surface area (Å²) in [7, 11) is -1.29. The standard InChI is InChI=1S/C12H19NO3S/c1-16-10-12(11-6-4-3-5-7-11)13-8-9-17(2,14)15/h3-7,12-13H,8-10H2,1-2H3. The molecule has 1 atom stereocenters. The third kappa shape index (κ3) is 5.81. The fourth-order valence-corrected chi connectivity index (χ4v) is 2.03. The van der Waals surface area contributed by atoms with Crippen LogP contribution in [0, 0.1) is 0 Å². The highest BCUT2D eigenvalue weighted by molar-refractivity contribution is 7.90. The molecule has 1 aromatic carbocycles. The van der Waals surface area contributed by atoms with E-state index in [0.29, 0.717) is 13.2 Å². The Morgan fingerprint density at radius 1 is 1.29 bits per heavy atom. The molecule has 0 spiro atoms. The molecule has 0 saturated heterocycles. The first-order chi connectivity index (χ1) is 8.03. The summed E-state index contributed by atoms with van der Waals surface area (Å²) in [6.07, 6.45) is 1.24. The van der Waals surface area contributed by atoms with Crippen LogP contribution < -0.4 is 5.32 Å². The van der Waals surface area contributed by atoms with Gasteiger partial charge in [-0.1, -0.05) is 30.3 Å². The van der Waals surface area contributed by atoms with Gasteiger partial charge in [-0.05, 0) is 5.56 Å². The van der Waals surface area contributed by atoms with Crippen molar-refractivity contribution in [2.45, 2.75) is 6.04 Å². The largest absolute Gasteiger partial charge is 0.383 e. The first-order valence-corrected chi connectivity index (χ1v) is 7.54. The van der Waals surface area contributed by atoms with Crippen LogP contribution in [0.15, 0.2) is 30.3 Å². The van der Waals surface area contributed by atoms with Gasteiger partial charge in [0, 0.05) is 19.9 Å². The second kappa shape index (κ2) is 6.74. The van der Waals surface area contributed by atoms with Crippen molar-refractivity contribution in [1.29, 1.82) is 0 Å². The average Bonchev–Trinajstić information content (AvgIpc) is 2.27. The normalized spacial score (nSPS) is 13.5. The Bertz CT molecular complexity index is 417. The highest BCUT2D eigenvalue weighted by atomic mass is 32.2. The smallest absolute Gasteiger partial charge is 0.148 e. The molecule has 0 radical (unpaired) electrons. The highest BCUT2D eigenvalue weighted by Gasteiger charge is 2.11. The fourth-order valence-electron chi connectivity index (χ4n) is 1.54. The molecular weight excluding hydrogens is 238 g/mol. The summed E-state index contributed by atoms with van der Waals surface area (Å²) in [5.74, 6) is 0.139. The number of benzene rings is 1. The molecule has 17 heavy (non-hydrogen) atoms. The lowest BCUT2D eigenvalue weighted by Gasteiger charge is -2.18. The summed E-state index contributed by atoms with van der Waals surface area (Å²) in [4.78, 5) is 0. The van der Waals surface area contributed by atoms with Gasteiger partial charge < -0.3 is 10.1 Å². The molecule has 0 fully saturated rings. The van der Waals surface area contributed by atoms with E-state index in [2.05, 4.69) is 5.32 Å². The van der Waals surface area contributed by atoms with E-state index in [1.807, 2.05) is 30.3 Å². The van der Waals surface area contributed by atoms with Crippen molar-refractivity contribution in [2.75, 3.05) is 32.3 Å². The van der Waals surface area contributed by atoms with Gasteiger partial charge in [0.25, 0.3) is 0 Å². The summed E-state index contributed by atoms with van der Waals surface area (Å²) < 4.78 is 27.2. The predicted molar refractivity (Wildman–Crippen MR) is 68.8 cm³/mol. The second-order valence-electron chi connectivity index (χ2n) is 4.00. The Balaban J connectivity index is 2.56. The molecule has 4 nitrogen and oxygen atoms in total. The third-order valence-electron chi connectivity index (χ3n) is 2.40. The van der Waals surface area contributed by atoms with Gasteiger partial charge in [-0.25, -0.2) is 8.42 Å². The van der Waals surface area contributed by atoms with Gasteiger partial charge in [0.05, 0.1) is 18.4 Å². The van der Waals surface area contributed by atoms with E-state index in [0.717, 1.165) is 5.56 Å². The van der Waals surface area contributed by atoms with Crippen LogP contribution in [0.4, 0.5) is 0 Å². The van der Waals surface area contributed by atoms with Crippen LogP contribution in [0.25, 0.3) is 0 Å². The van der Waals surface area contributed by atoms with Crippen LogP contribution in [-0.2, 0) is 14.6 Å². The lowest BCUT2D eigenvalue weighted by molar-refractivity contribution is 0.168. The Labute approximate surface area is 103 Å². The van der Waals surface area contributed by atoms with E-state index in [1.54, 1.807) is 7.11 Å². The molecule has 0 aliphatic carbocycles. The number of ether oxygens (including phenoxy) is 1. The van der Waals surface area contributed by atoms with Gasteiger partial charge in [0.15, 0.2) is 0 Å². The van der Waals surface area contributed by atoms with E-state index in [4.69, 9.17) is 4.74 Å². The van der Waals surface area contributed by atoms with E-state index >= 15 is 0 Å². The van der Waals surface area contributed by atoms with Crippen LogP contribution in [0.1, 0.15) is 11.6 Å². The number of hydrogen-bond acceptors (Lipinski definition) is 4. The maximum Gasteiger partial charge on any atom is 0.148 e. The Hall–Kier alpha value is -0.910. The minimum Gasteiger partial charge on any atom is -0.383 e. The fraction of sp³-hybridized carbons (Fsp3) is 0.500. The van der Waals surface area contributed by atoms with E-state index < -0.39 is 9.84 Å². The van der Waals surface area contributed by atoms with Crippen LogP contribution in [0.3, 0.4) is 0 Å². The van der Waals surface area contributed by atoms with Crippen molar-refractivity contribution in [3.05, 3.63) is 35.9 Å². The topological polar surface area (TPSA) is 55.4 Å². The average molecular weight is 257 g/mol. The molecule has 5 heteroatoms.